The molecule has 140 valence electrons. The molecule has 2 amide bonds. The van der Waals surface area contributed by atoms with Gasteiger partial charge in [-0.1, -0.05) is 45.2 Å². The summed E-state index contributed by atoms with van der Waals surface area (Å²) in [6.45, 7) is 0.0807. The average molecular weight is 552 g/mol. The molecule has 2 aromatic rings. The molecule has 1 heterocycles. The fourth-order valence-electron chi connectivity index (χ4n) is 2.50. The van der Waals surface area contributed by atoms with Crippen LogP contribution in [0.25, 0.3) is 6.08 Å². The summed E-state index contributed by atoms with van der Waals surface area (Å²) in [4.78, 5) is 26.6. The van der Waals surface area contributed by atoms with Gasteiger partial charge >= 0.3 is 0 Å². The Labute approximate surface area is 187 Å². The van der Waals surface area contributed by atoms with Gasteiger partial charge in [-0.05, 0) is 63.6 Å². The molecule has 0 aromatic heterocycles. The molecule has 9 heteroatoms. The number of amides is 2. The smallest absolute Gasteiger partial charge is 0.293 e. The highest BCUT2D eigenvalue weighted by Gasteiger charge is 2.35. The van der Waals surface area contributed by atoms with Gasteiger partial charge in [-0.3, -0.25) is 14.5 Å². The van der Waals surface area contributed by atoms with Crippen LogP contribution in [0.5, 0.6) is 5.75 Å². The summed E-state index contributed by atoms with van der Waals surface area (Å²) >= 11 is 19.8. The molecule has 27 heavy (non-hydrogen) atoms. The van der Waals surface area contributed by atoms with Gasteiger partial charge in [0.05, 0.1) is 23.0 Å². The first-order valence-corrected chi connectivity index (χ1v) is 10.7. The number of methoxy groups -OCH3 is 1. The van der Waals surface area contributed by atoms with Crippen LogP contribution in [0, 0.1) is 0 Å². The molecule has 0 bridgehead atoms. The Hall–Kier alpha value is -0.990. The number of nitrogens with zero attached hydrogens (tertiary/aromatic N) is 1. The predicted octanol–water partition coefficient (Wildman–Crippen LogP) is 6.76. The highest BCUT2D eigenvalue weighted by molar-refractivity contribution is 9.11. The molecule has 1 fully saturated rings. The molecule has 0 aliphatic carbocycles. The van der Waals surface area contributed by atoms with Gasteiger partial charge in [0.2, 0.25) is 0 Å². The second-order valence-electron chi connectivity index (χ2n) is 5.51. The van der Waals surface area contributed by atoms with E-state index in [-0.39, 0.29) is 17.7 Å². The molecule has 0 saturated carbocycles. The maximum atomic E-state index is 12.8. The van der Waals surface area contributed by atoms with E-state index >= 15 is 0 Å². The topological polar surface area (TPSA) is 46.6 Å². The molecule has 3 rings (SSSR count). The molecular weight excluding hydrogens is 541 g/mol. The third-order valence-electron chi connectivity index (χ3n) is 3.74. The monoisotopic (exact) mass is 549 g/mol. The maximum absolute atomic E-state index is 12.8. The van der Waals surface area contributed by atoms with E-state index in [4.69, 9.17) is 27.9 Å². The van der Waals surface area contributed by atoms with E-state index in [2.05, 4.69) is 31.9 Å². The molecule has 4 nitrogen and oxygen atoms in total. The number of imide groups is 1. The Morgan fingerprint density at radius 3 is 2.59 bits per heavy atom. The van der Waals surface area contributed by atoms with E-state index in [9.17, 15) is 9.59 Å². The molecular formula is C18H11Br2Cl2NO3S. The zero-order chi connectivity index (χ0) is 19.7. The number of carbonyl (C=O) groups is 2. The first kappa shape index (κ1) is 20.7. The number of carbonyl (C=O) groups excluding carboxylic acids is 2. The van der Waals surface area contributed by atoms with Crippen molar-refractivity contribution in [3.63, 3.8) is 0 Å². The quantitative estimate of drug-likeness (QED) is 0.394. The lowest BCUT2D eigenvalue weighted by Crippen LogP contribution is -2.27. The van der Waals surface area contributed by atoms with Crippen molar-refractivity contribution in [3.8, 4) is 5.75 Å². The molecule has 1 aliphatic rings. The Morgan fingerprint density at radius 1 is 1.19 bits per heavy atom. The Morgan fingerprint density at radius 2 is 1.93 bits per heavy atom. The second kappa shape index (κ2) is 8.57. The lowest BCUT2D eigenvalue weighted by Gasteiger charge is -2.14. The summed E-state index contributed by atoms with van der Waals surface area (Å²) in [7, 11) is 1.54. The van der Waals surface area contributed by atoms with E-state index in [0.29, 0.717) is 31.8 Å². The number of hydrogen-bond donors (Lipinski definition) is 0. The molecule has 1 saturated heterocycles. The zero-order valence-corrected chi connectivity index (χ0v) is 19.3. The van der Waals surface area contributed by atoms with Crippen molar-refractivity contribution in [3.05, 3.63) is 65.4 Å². The van der Waals surface area contributed by atoms with Crippen molar-refractivity contribution >= 4 is 84.0 Å². The van der Waals surface area contributed by atoms with Crippen LogP contribution >= 0.6 is 66.8 Å². The largest absolute Gasteiger partial charge is 0.495 e. The van der Waals surface area contributed by atoms with Crippen molar-refractivity contribution in [1.29, 1.82) is 0 Å². The number of ether oxygens (including phenoxy) is 1. The van der Waals surface area contributed by atoms with Gasteiger partial charge in [0.15, 0.2) is 0 Å². The van der Waals surface area contributed by atoms with Crippen LogP contribution in [0.2, 0.25) is 10.0 Å². The summed E-state index contributed by atoms with van der Waals surface area (Å²) in [6, 6.07) is 8.60. The normalized spacial score (nSPS) is 15.7. The molecule has 0 N–H and O–H groups in total. The van der Waals surface area contributed by atoms with Gasteiger partial charge in [-0.25, -0.2) is 0 Å². The van der Waals surface area contributed by atoms with Crippen LogP contribution in [0.1, 0.15) is 11.1 Å². The first-order chi connectivity index (χ1) is 12.8. The van der Waals surface area contributed by atoms with Gasteiger partial charge in [0.25, 0.3) is 11.1 Å². The minimum Gasteiger partial charge on any atom is -0.495 e. The highest BCUT2D eigenvalue weighted by atomic mass is 79.9. The summed E-state index contributed by atoms with van der Waals surface area (Å²) in [5, 5.41) is 0.540. The van der Waals surface area contributed by atoms with Crippen molar-refractivity contribution in [1.82, 2.24) is 4.90 Å². The van der Waals surface area contributed by atoms with Crippen LogP contribution in [-0.4, -0.2) is 23.2 Å². The number of rotatable bonds is 4. The number of thioether (sulfide) groups is 1. The summed E-state index contributed by atoms with van der Waals surface area (Å²) in [5.74, 6) is 0.194. The molecule has 2 aromatic carbocycles. The molecule has 0 unspecified atom stereocenters. The summed E-state index contributed by atoms with van der Waals surface area (Å²) in [6.07, 6.45) is 1.64. The van der Waals surface area contributed by atoms with Crippen molar-refractivity contribution in [2.75, 3.05) is 7.11 Å². The highest BCUT2D eigenvalue weighted by Crippen LogP contribution is 2.38. The number of benzene rings is 2. The molecule has 0 spiro atoms. The third kappa shape index (κ3) is 4.54. The number of halogens is 4. The second-order valence-corrected chi connectivity index (χ2v) is 9.12. The fourth-order valence-corrected chi connectivity index (χ4v) is 5.22. The van der Waals surface area contributed by atoms with Crippen LogP contribution < -0.4 is 4.74 Å². The molecule has 0 atom stereocenters. The standard InChI is InChI=1S/C18H11Br2Cl2NO3S/c1-26-16-10(4-11(19)6-13(16)20)5-15-17(24)23(18(25)27-15)8-9-2-3-12(21)7-14(9)22/h2-7H,8H2,1H3/b15-5+. The van der Waals surface area contributed by atoms with E-state index in [1.807, 2.05) is 12.1 Å². The lowest BCUT2D eigenvalue weighted by molar-refractivity contribution is -0.123. The van der Waals surface area contributed by atoms with Gasteiger partial charge in [0, 0.05) is 20.1 Å². The van der Waals surface area contributed by atoms with Crippen LogP contribution in [0.15, 0.2) is 44.2 Å². The van der Waals surface area contributed by atoms with Crippen LogP contribution in [0.4, 0.5) is 4.79 Å². The lowest BCUT2D eigenvalue weighted by atomic mass is 10.1. The van der Waals surface area contributed by atoms with Gasteiger partial charge in [0.1, 0.15) is 5.75 Å². The van der Waals surface area contributed by atoms with Gasteiger partial charge in [-0.15, -0.1) is 0 Å². The minimum absolute atomic E-state index is 0.0807. The minimum atomic E-state index is -0.380. The Balaban J connectivity index is 1.91. The fraction of sp³-hybridized carbons (Fsp3) is 0.111. The van der Waals surface area contributed by atoms with E-state index in [1.165, 1.54) is 0 Å². The van der Waals surface area contributed by atoms with Gasteiger partial charge < -0.3 is 4.74 Å². The first-order valence-electron chi connectivity index (χ1n) is 7.52. The summed E-state index contributed by atoms with van der Waals surface area (Å²) in [5.41, 5.74) is 1.32. The van der Waals surface area contributed by atoms with Crippen molar-refractivity contribution in [2.24, 2.45) is 0 Å². The van der Waals surface area contributed by atoms with E-state index in [0.717, 1.165) is 25.6 Å². The summed E-state index contributed by atoms with van der Waals surface area (Å²) < 4.78 is 6.94. The average Bonchev–Trinajstić information content (AvgIpc) is 2.84. The SMILES string of the molecule is COc1c(Br)cc(Br)cc1/C=C1/SC(=O)N(Cc2ccc(Cl)cc2Cl)C1=O. The third-order valence-corrected chi connectivity index (χ3v) is 6.29. The van der Waals surface area contributed by atoms with Crippen molar-refractivity contribution in [2.45, 2.75) is 6.54 Å². The molecule has 0 radical (unpaired) electrons. The van der Waals surface area contributed by atoms with E-state index < -0.39 is 0 Å². The zero-order valence-electron chi connectivity index (χ0n) is 13.8. The van der Waals surface area contributed by atoms with Crippen LogP contribution in [0.3, 0.4) is 0 Å². The molecule has 1 aliphatic heterocycles. The van der Waals surface area contributed by atoms with Crippen LogP contribution in [-0.2, 0) is 11.3 Å². The predicted molar refractivity (Wildman–Crippen MR) is 116 cm³/mol. The Kier molecular flexibility index (Phi) is 6.58. The number of hydrogen-bond acceptors (Lipinski definition) is 4. The maximum Gasteiger partial charge on any atom is 0.293 e. The Bertz CT molecular complexity index is 981. The van der Waals surface area contributed by atoms with Crippen molar-refractivity contribution < 1.29 is 14.3 Å². The van der Waals surface area contributed by atoms with E-state index in [1.54, 1.807) is 31.4 Å². The van der Waals surface area contributed by atoms with Gasteiger partial charge in [-0.2, -0.15) is 0 Å².